The molecule has 6 nitrogen and oxygen atoms in total. The zero-order chi connectivity index (χ0) is 22.2. The van der Waals surface area contributed by atoms with Gasteiger partial charge in [-0.1, -0.05) is 12.2 Å². The standard InChI is InChI=1S/C22H28F3N5O/c1-13(2)26-20-19-16(22(23,24)25)12-17(27-21(19)29-28-20)15-7-9-30(10-8-15)18(31)11-14-5-3-4-6-14/h3,5,12-15H,4,6-11H2,1-2H3,(H2,26,27,28,29)/t14-/m1/s1. The minimum Gasteiger partial charge on any atom is -0.366 e. The summed E-state index contributed by atoms with van der Waals surface area (Å²) in [5, 5.41) is 9.61. The summed E-state index contributed by atoms with van der Waals surface area (Å²) in [5.41, 5.74) is -0.180. The Morgan fingerprint density at radius 1 is 1.29 bits per heavy atom. The van der Waals surface area contributed by atoms with E-state index >= 15 is 0 Å². The molecule has 9 heteroatoms. The number of aromatic amines is 1. The number of hydrogen-bond acceptors (Lipinski definition) is 4. The second kappa shape index (κ2) is 8.51. The first-order valence-corrected chi connectivity index (χ1v) is 10.9. The zero-order valence-corrected chi connectivity index (χ0v) is 17.8. The lowest BCUT2D eigenvalue weighted by Gasteiger charge is -2.32. The van der Waals surface area contributed by atoms with Crippen LogP contribution in [0.2, 0.25) is 0 Å². The lowest BCUT2D eigenvalue weighted by Crippen LogP contribution is -2.38. The number of hydrogen-bond donors (Lipinski definition) is 2. The van der Waals surface area contributed by atoms with Crippen LogP contribution in [0.5, 0.6) is 0 Å². The molecule has 1 atom stereocenters. The van der Waals surface area contributed by atoms with Gasteiger partial charge in [-0.2, -0.15) is 18.3 Å². The molecular formula is C22H28F3N5O. The Hall–Kier alpha value is -2.58. The van der Waals surface area contributed by atoms with Crippen LogP contribution in [-0.2, 0) is 11.0 Å². The molecule has 0 saturated carbocycles. The quantitative estimate of drug-likeness (QED) is 0.658. The molecule has 2 aromatic heterocycles. The second-order valence-electron chi connectivity index (χ2n) is 8.81. The van der Waals surface area contributed by atoms with Crippen LogP contribution in [0, 0.1) is 5.92 Å². The normalized spacial score (nSPS) is 20.2. The number of halogens is 3. The third-order valence-corrected chi connectivity index (χ3v) is 6.10. The van der Waals surface area contributed by atoms with Gasteiger partial charge in [0, 0.05) is 37.2 Å². The van der Waals surface area contributed by atoms with Gasteiger partial charge in [-0.3, -0.25) is 9.89 Å². The van der Waals surface area contributed by atoms with Crippen molar-refractivity contribution in [2.45, 2.75) is 64.1 Å². The largest absolute Gasteiger partial charge is 0.417 e. The predicted molar refractivity (Wildman–Crippen MR) is 113 cm³/mol. The molecule has 0 aromatic carbocycles. The van der Waals surface area contributed by atoms with Crippen molar-refractivity contribution >= 4 is 22.8 Å². The fourth-order valence-corrected chi connectivity index (χ4v) is 4.50. The van der Waals surface area contributed by atoms with Gasteiger partial charge >= 0.3 is 6.18 Å². The van der Waals surface area contributed by atoms with Crippen LogP contribution < -0.4 is 5.32 Å². The number of H-pyrrole nitrogens is 1. The summed E-state index contributed by atoms with van der Waals surface area (Å²) >= 11 is 0. The van der Waals surface area contributed by atoms with E-state index < -0.39 is 11.7 Å². The number of piperidine rings is 1. The van der Waals surface area contributed by atoms with Crippen LogP contribution in [0.1, 0.15) is 63.1 Å². The maximum absolute atomic E-state index is 13.9. The first-order valence-electron chi connectivity index (χ1n) is 10.9. The number of pyridine rings is 1. The smallest absolute Gasteiger partial charge is 0.366 e. The van der Waals surface area contributed by atoms with Crippen molar-refractivity contribution in [1.82, 2.24) is 20.1 Å². The molecule has 0 radical (unpaired) electrons. The fourth-order valence-electron chi connectivity index (χ4n) is 4.50. The van der Waals surface area contributed by atoms with Crippen molar-refractivity contribution in [3.05, 3.63) is 29.5 Å². The van der Waals surface area contributed by atoms with E-state index in [1.54, 1.807) is 0 Å². The molecule has 0 spiro atoms. The average Bonchev–Trinajstić information content (AvgIpc) is 3.36. The van der Waals surface area contributed by atoms with Crippen molar-refractivity contribution in [3.8, 4) is 0 Å². The number of alkyl halides is 3. The lowest BCUT2D eigenvalue weighted by atomic mass is 9.91. The minimum atomic E-state index is -4.52. The van der Waals surface area contributed by atoms with Crippen LogP contribution >= 0.6 is 0 Å². The Morgan fingerprint density at radius 2 is 2.03 bits per heavy atom. The lowest BCUT2D eigenvalue weighted by molar-refractivity contribution is -0.136. The minimum absolute atomic E-state index is 0.0258. The number of rotatable bonds is 5. The van der Waals surface area contributed by atoms with Gasteiger partial charge in [-0.25, -0.2) is 4.98 Å². The number of carbonyl (C=O) groups is 1. The number of amides is 1. The first-order chi connectivity index (χ1) is 14.7. The Balaban J connectivity index is 1.52. The third-order valence-electron chi connectivity index (χ3n) is 6.10. The van der Waals surface area contributed by atoms with E-state index in [0.29, 0.717) is 44.0 Å². The monoisotopic (exact) mass is 435 g/mol. The Bertz CT molecular complexity index is 973. The van der Waals surface area contributed by atoms with E-state index in [4.69, 9.17) is 0 Å². The van der Waals surface area contributed by atoms with Crippen LogP contribution in [0.3, 0.4) is 0 Å². The van der Waals surface area contributed by atoms with Crippen LogP contribution in [0.4, 0.5) is 19.0 Å². The number of aromatic nitrogens is 3. The molecule has 0 bridgehead atoms. The SMILES string of the molecule is CC(C)Nc1n[nH]c2nc(C3CCN(C(=O)C[C@@H]4C=CCC4)CC3)cc(C(F)(F)F)c12. The molecular weight excluding hydrogens is 407 g/mol. The highest BCUT2D eigenvalue weighted by molar-refractivity contribution is 5.91. The van der Waals surface area contributed by atoms with Gasteiger partial charge in [0.15, 0.2) is 11.5 Å². The van der Waals surface area contributed by atoms with Crippen LogP contribution in [0.15, 0.2) is 18.2 Å². The molecule has 4 rings (SSSR count). The van der Waals surface area contributed by atoms with Crippen molar-refractivity contribution in [1.29, 1.82) is 0 Å². The summed E-state index contributed by atoms with van der Waals surface area (Å²) in [4.78, 5) is 18.9. The molecule has 2 N–H and O–H groups in total. The number of nitrogens with zero attached hydrogens (tertiary/aromatic N) is 3. The molecule has 2 aromatic rings. The van der Waals surface area contributed by atoms with Crippen LogP contribution in [0.25, 0.3) is 11.0 Å². The first kappa shape index (κ1) is 21.6. The highest BCUT2D eigenvalue weighted by Gasteiger charge is 2.37. The number of nitrogens with one attached hydrogen (secondary N) is 2. The zero-order valence-electron chi connectivity index (χ0n) is 17.8. The van der Waals surface area contributed by atoms with Crippen molar-refractivity contribution in [2.24, 2.45) is 5.92 Å². The van der Waals surface area contributed by atoms with E-state index in [2.05, 4.69) is 32.7 Å². The highest BCUT2D eigenvalue weighted by atomic mass is 19.4. The van der Waals surface area contributed by atoms with Crippen molar-refractivity contribution < 1.29 is 18.0 Å². The molecule has 1 fully saturated rings. The average molecular weight is 435 g/mol. The number of fused-ring (bicyclic) bond motifs is 1. The van der Waals surface area contributed by atoms with Gasteiger partial charge in [0.2, 0.25) is 5.91 Å². The van der Waals surface area contributed by atoms with Crippen molar-refractivity contribution in [3.63, 3.8) is 0 Å². The highest BCUT2D eigenvalue weighted by Crippen LogP contribution is 2.40. The van der Waals surface area contributed by atoms with E-state index in [9.17, 15) is 18.0 Å². The summed E-state index contributed by atoms with van der Waals surface area (Å²) in [7, 11) is 0. The van der Waals surface area contributed by atoms with E-state index in [1.165, 1.54) is 0 Å². The topological polar surface area (TPSA) is 73.9 Å². The Labute approximate surface area is 179 Å². The maximum Gasteiger partial charge on any atom is 0.417 e. The third kappa shape index (κ3) is 4.70. The second-order valence-corrected chi connectivity index (χ2v) is 8.81. The Kier molecular flexibility index (Phi) is 5.94. The molecule has 168 valence electrons. The maximum atomic E-state index is 13.9. The van der Waals surface area contributed by atoms with Crippen molar-refractivity contribution in [2.75, 3.05) is 18.4 Å². The summed E-state index contributed by atoms with van der Waals surface area (Å²) in [6.07, 6.45) is 3.47. The predicted octanol–water partition coefficient (Wildman–Crippen LogP) is 4.86. The number of allylic oxidation sites excluding steroid dienone is 2. The molecule has 1 aliphatic carbocycles. The summed E-state index contributed by atoms with van der Waals surface area (Å²) in [6, 6.07) is 1.10. The van der Waals surface area contributed by atoms with Gasteiger partial charge in [-0.15, -0.1) is 0 Å². The molecule has 31 heavy (non-hydrogen) atoms. The van der Waals surface area contributed by atoms with E-state index in [-0.39, 0.29) is 34.7 Å². The summed E-state index contributed by atoms with van der Waals surface area (Å²) < 4.78 is 41.6. The van der Waals surface area contributed by atoms with Gasteiger partial charge in [0.05, 0.1) is 10.9 Å². The van der Waals surface area contributed by atoms with Gasteiger partial charge < -0.3 is 10.2 Å². The molecule has 0 unspecified atom stereocenters. The van der Waals surface area contributed by atoms with Gasteiger partial charge in [-0.05, 0) is 51.5 Å². The van der Waals surface area contributed by atoms with E-state index in [0.717, 1.165) is 18.9 Å². The molecule has 1 aliphatic heterocycles. The van der Waals surface area contributed by atoms with Gasteiger partial charge in [0.25, 0.3) is 0 Å². The van der Waals surface area contributed by atoms with Gasteiger partial charge in [0.1, 0.15) is 0 Å². The molecule has 3 heterocycles. The Morgan fingerprint density at radius 3 is 2.65 bits per heavy atom. The van der Waals surface area contributed by atoms with E-state index in [1.807, 2.05) is 18.7 Å². The van der Waals surface area contributed by atoms with Crippen LogP contribution in [-0.4, -0.2) is 45.1 Å². The molecule has 1 amide bonds. The number of likely N-dealkylation sites (tertiary alicyclic amines) is 1. The number of carbonyl (C=O) groups excluding carboxylic acids is 1. The summed E-state index contributed by atoms with van der Waals surface area (Å²) in [5.74, 6) is 0.494. The fraction of sp³-hybridized carbons (Fsp3) is 0.591. The molecule has 1 saturated heterocycles. The number of anilines is 1. The summed E-state index contributed by atoms with van der Waals surface area (Å²) in [6.45, 7) is 4.77. The molecule has 2 aliphatic rings.